The highest BCUT2D eigenvalue weighted by Gasteiger charge is 2.26. The first kappa shape index (κ1) is 29.4. The van der Waals surface area contributed by atoms with Crippen molar-refractivity contribution in [3.8, 4) is 5.75 Å². The van der Waals surface area contributed by atoms with Crippen LogP contribution in [0.15, 0.2) is 58.6 Å². The largest absolute Gasteiger partial charge is 0.497 e. The van der Waals surface area contributed by atoms with Crippen LogP contribution in [-0.4, -0.2) is 51.5 Å². The van der Waals surface area contributed by atoms with Crippen LogP contribution in [0.2, 0.25) is 0 Å². The molecule has 0 aliphatic heterocycles. The Morgan fingerprint density at radius 3 is 2.25 bits per heavy atom. The van der Waals surface area contributed by atoms with E-state index in [1.807, 2.05) is 38.1 Å². The second-order valence-electron chi connectivity index (χ2n) is 9.16. The van der Waals surface area contributed by atoms with Crippen molar-refractivity contribution in [2.45, 2.75) is 57.5 Å². The molecule has 2 rings (SSSR count). The van der Waals surface area contributed by atoms with Gasteiger partial charge >= 0.3 is 6.03 Å². The van der Waals surface area contributed by atoms with E-state index in [0.29, 0.717) is 25.1 Å². The number of ether oxygens (including phenoxy) is 1. The third-order valence-corrected chi connectivity index (χ3v) is 7.54. The molecule has 36 heavy (non-hydrogen) atoms. The number of methoxy groups -OCH3 is 1. The molecule has 2 N–H and O–H groups in total. The fourth-order valence-corrected chi connectivity index (χ4v) is 5.45. The van der Waals surface area contributed by atoms with E-state index in [1.165, 1.54) is 23.5 Å². The Hall–Kier alpha value is -2.82. The van der Waals surface area contributed by atoms with Gasteiger partial charge in [0.25, 0.3) is 0 Å². The zero-order valence-corrected chi connectivity index (χ0v) is 22.4. The maximum atomic E-state index is 13.4. The van der Waals surface area contributed by atoms with Gasteiger partial charge in [-0.2, -0.15) is 4.31 Å². The van der Waals surface area contributed by atoms with Gasteiger partial charge in [-0.15, -0.1) is 4.91 Å². The van der Waals surface area contributed by atoms with Gasteiger partial charge in [0.1, 0.15) is 5.75 Å². The Morgan fingerprint density at radius 1 is 1.06 bits per heavy atom. The molecule has 9 nitrogen and oxygen atoms in total. The second kappa shape index (κ2) is 14.7. The van der Waals surface area contributed by atoms with Crippen LogP contribution in [0.1, 0.15) is 44.7 Å². The molecule has 0 aromatic heterocycles. The topological polar surface area (TPSA) is 117 Å². The Kier molecular flexibility index (Phi) is 12.0. The fraction of sp³-hybridized carbons (Fsp3) is 0.500. The molecular weight excluding hydrogens is 480 g/mol. The molecule has 0 bridgehead atoms. The standard InChI is InChI=1S/C26H38N4O5S/c1-5-15-27-18-22-8-6-21(7-9-22)17-23(28-26(31)29-32)14-16-30(19-20(2)3)36(33,34)25-12-10-24(35-4)11-13-25/h6-13,20,23,27H,5,14-19H2,1-4H3,(H,28,31)/t23-/m1/s1. The molecule has 2 aromatic carbocycles. The average Bonchev–Trinajstić information content (AvgIpc) is 2.87. The molecule has 2 amide bonds. The van der Waals surface area contributed by atoms with Gasteiger partial charge in [0.15, 0.2) is 0 Å². The van der Waals surface area contributed by atoms with Gasteiger partial charge in [0.05, 0.1) is 12.0 Å². The molecule has 0 saturated carbocycles. The van der Waals surface area contributed by atoms with Crippen molar-refractivity contribution in [1.82, 2.24) is 14.9 Å². The van der Waals surface area contributed by atoms with Crippen LogP contribution in [-0.2, 0) is 23.0 Å². The maximum Gasteiger partial charge on any atom is 0.378 e. The Morgan fingerprint density at radius 2 is 1.69 bits per heavy atom. The van der Waals surface area contributed by atoms with Crippen molar-refractivity contribution in [3.05, 3.63) is 64.6 Å². The van der Waals surface area contributed by atoms with Gasteiger partial charge in [-0.3, -0.25) is 0 Å². The van der Waals surface area contributed by atoms with Crippen molar-refractivity contribution >= 4 is 16.1 Å². The van der Waals surface area contributed by atoms with Crippen molar-refractivity contribution in [2.24, 2.45) is 11.1 Å². The van der Waals surface area contributed by atoms with E-state index in [-0.39, 0.29) is 17.4 Å². The summed E-state index contributed by atoms with van der Waals surface area (Å²) in [5, 5.41) is 8.43. The highest BCUT2D eigenvalue weighted by Crippen LogP contribution is 2.21. The van der Waals surface area contributed by atoms with E-state index in [2.05, 4.69) is 22.7 Å². The predicted octanol–water partition coefficient (Wildman–Crippen LogP) is 4.32. The minimum absolute atomic E-state index is 0.0940. The Bertz CT molecular complexity index is 1060. The zero-order valence-electron chi connectivity index (χ0n) is 21.6. The minimum atomic E-state index is -3.77. The third kappa shape index (κ3) is 9.33. The van der Waals surface area contributed by atoms with E-state index < -0.39 is 22.1 Å². The molecule has 0 spiro atoms. The summed E-state index contributed by atoms with van der Waals surface area (Å²) in [4.78, 5) is 22.7. The molecule has 0 aliphatic carbocycles. The van der Waals surface area contributed by atoms with Gasteiger partial charge in [0, 0.05) is 30.9 Å². The van der Waals surface area contributed by atoms with Crippen LogP contribution in [0.25, 0.3) is 0 Å². The molecule has 0 heterocycles. The molecule has 0 radical (unpaired) electrons. The van der Waals surface area contributed by atoms with E-state index in [4.69, 9.17) is 4.74 Å². The second-order valence-corrected chi connectivity index (χ2v) is 11.1. The summed E-state index contributed by atoms with van der Waals surface area (Å²) in [6.07, 6.45) is 1.83. The Labute approximate surface area is 214 Å². The van der Waals surface area contributed by atoms with Crippen LogP contribution in [0.4, 0.5) is 4.79 Å². The molecule has 0 aliphatic rings. The van der Waals surface area contributed by atoms with Crippen molar-refractivity contribution in [2.75, 3.05) is 26.7 Å². The number of hydrogen-bond acceptors (Lipinski definition) is 6. The highest BCUT2D eigenvalue weighted by molar-refractivity contribution is 7.89. The molecular formula is C26H38N4O5S. The molecule has 1 atom stereocenters. The average molecular weight is 519 g/mol. The predicted molar refractivity (Wildman–Crippen MR) is 141 cm³/mol. The van der Waals surface area contributed by atoms with Gasteiger partial charge in [-0.05, 0) is 67.1 Å². The third-order valence-electron chi connectivity index (χ3n) is 5.66. The lowest BCUT2D eigenvalue weighted by atomic mass is 10.0. The summed E-state index contributed by atoms with van der Waals surface area (Å²) < 4.78 is 33.3. The molecule has 0 unspecified atom stereocenters. The highest BCUT2D eigenvalue weighted by atomic mass is 32.2. The SMILES string of the molecule is CCCNCc1ccc(C[C@@H](CCN(CC(C)C)S(=O)(=O)c2ccc(OC)cc2)NC(=O)N=O)cc1. The number of benzene rings is 2. The lowest BCUT2D eigenvalue weighted by molar-refractivity contribution is 0.243. The number of hydrogen-bond donors (Lipinski definition) is 2. The van der Waals surface area contributed by atoms with E-state index in [9.17, 15) is 18.1 Å². The van der Waals surface area contributed by atoms with E-state index in [1.54, 1.807) is 12.1 Å². The number of nitrogens with one attached hydrogen (secondary N) is 2. The van der Waals surface area contributed by atoms with Crippen molar-refractivity contribution in [1.29, 1.82) is 0 Å². The smallest absolute Gasteiger partial charge is 0.378 e. The summed E-state index contributed by atoms with van der Waals surface area (Å²) in [6, 6.07) is 12.9. The molecule has 0 fully saturated rings. The van der Waals surface area contributed by atoms with Crippen LogP contribution >= 0.6 is 0 Å². The first-order chi connectivity index (χ1) is 17.2. The number of carbonyl (C=O) groups is 1. The number of rotatable bonds is 15. The maximum absolute atomic E-state index is 13.4. The van der Waals surface area contributed by atoms with Crippen LogP contribution in [0.5, 0.6) is 5.75 Å². The molecule has 0 saturated heterocycles. The van der Waals surface area contributed by atoms with Gasteiger partial charge in [0.2, 0.25) is 10.0 Å². The monoisotopic (exact) mass is 518 g/mol. The minimum Gasteiger partial charge on any atom is -0.497 e. The van der Waals surface area contributed by atoms with Gasteiger partial charge in [-0.1, -0.05) is 45.0 Å². The quantitative estimate of drug-likeness (QED) is 0.268. The van der Waals surface area contributed by atoms with Crippen LogP contribution < -0.4 is 15.4 Å². The lowest BCUT2D eigenvalue weighted by Gasteiger charge is -2.26. The summed E-state index contributed by atoms with van der Waals surface area (Å²) in [7, 11) is -2.25. The zero-order chi connectivity index (χ0) is 26.6. The first-order valence-corrected chi connectivity index (χ1v) is 13.7. The molecule has 198 valence electrons. The summed E-state index contributed by atoms with van der Waals surface area (Å²) in [5.74, 6) is 0.664. The molecule has 2 aromatic rings. The summed E-state index contributed by atoms with van der Waals surface area (Å²) >= 11 is 0. The summed E-state index contributed by atoms with van der Waals surface area (Å²) in [6.45, 7) is 8.22. The van der Waals surface area contributed by atoms with Crippen LogP contribution in [0, 0.1) is 10.8 Å². The normalized spacial score (nSPS) is 12.5. The lowest BCUT2D eigenvalue weighted by Crippen LogP contribution is -2.41. The first-order valence-electron chi connectivity index (χ1n) is 12.3. The number of carbonyl (C=O) groups excluding carboxylic acids is 1. The fourth-order valence-electron chi connectivity index (χ4n) is 3.83. The molecule has 10 heteroatoms. The van der Waals surface area contributed by atoms with Gasteiger partial charge < -0.3 is 15.4 Å². The van der Waals surface area contributed by atoms with Gasteiger partial charge in [-0.25, -0.2) is 13.2 Å². The number of amides is 2. The van der Waals surface area contributed by atoms with E-state index >= 15 is 0 Å². The van der Waals surface area contributed by atoms with E-state index in [0.717, 1.165) is 30.6 Å². The van der Waals surface area contributed by atoms with Crippen molar-refractivity contribution in [3.63, 3.8) is 0 Å². The number of sulfonamides is 1. The number of nitrogens with zero attached hydrogens (tertiary/aromatic N) is 2. The Balaban J connectivity index is 2.16. The number of nitroso groups, excluding NO2 is 1. The van der Waals surface area contributed by atoms with Crippen LogP contribution in [0.3, 0.4) is 0 Å². The number of urea groups is 1. The summed E-state index contributed by atoms with van der Waals surface area (Å²) in [5.41, 5.74) is 2.12. The van der Waals surface area contributed by atoms with Crippen molar-refractivity contribution < 1.29 is 17.9 Å².